The molecule has 0 amide bonds. The molecular weight excluding hydrogens is 240 g/mol. The lowest BCUT2D eigenvalue weighted by Gasteiger charge is -2.29. The highest BCUT2D eigenvalue weighted by atomic mass is 16.3. The van der Waals surface area contributed by atoms with Crippen LogP contribution in [-0.2, 0) is 0 Å². The summed E-state index contributed by atoms with van der Waals surface area (Å²) in [6.07, 6.45) is 0.426. The Balaban J connectivity index is 2.45. The third-order valence-electron chi connectivity index (χ3n) is 3.67. The van der Waals surface area contributed by atoms with Crippen molar-refractivity contribution in [2.75, 3.05) is 6.61 Å². The molecule has 0 bridgehead atoms. The van der Waals surface area contributed by atoms with Crippen molar-refractivity contribution >= 4 is 0 Å². The molecule has 100 valence electrons. The maximum absolute atomic E-state index is 11.7. The van der Waals surface area contributed by atoms with E-state index in [0.29, 0.717) is 0 Å². The number of rotatable bonds is 2. The number of H-pyrrole nitrogens is 1. The molecule has 0 unspecified atom stereocenters. The van der Waals surface area contributed by atoms with Crippen LogP contribution in [0.1, 0.15) is 19.4 Å². The average Bonchev–Trinajstić information content (AvgIpc) is 2.52. The van der Waals surface area contributed by atoms with Gasteiger partial charge in [0.15, 0.2) is 0 Å². The summed E-state index contributed by atoms with van der Waals surface area (Å²) in [5.41, 5.74) is -2.69. The van der Waals surface area contributed by atoms with Crippen molar-refractivity contribution in [2.45, 2.75) is 31.1 Å². The standard InChI is InChI=1S/C11H16N2O5/c1-11(18)7(4-6(5-14)9(11)16)13-3-2-8(15)12-10(13)17/h2-3,6-7,9,14,16,18H,4-5H2,1H3,(H,12,15,17)/t6-,7+,9+,11-/m1/s1. The lowest BCUT2D eigenvalue weighted by Crippen LogP contribution is -2.46. The van der Waals surface area contributed by atoms with Gasteiger partial charge in [-0.2, -0.15) is 0 Å². The fourth-order valence-corrected chi connectivity index (χ4v) is 2.57. The molecule has 7 heteroatoms. The highest BCUT2D eigenvalue weighted by Crippen LogP contribution is 2.42. The van der Waals surface area contributed by atoms with Gasteiger partial charge in [0, 0.05) is 24.8 Å². The van der Waals surface area contributed by atoms with Crippen molar-refractivity contribution in [1.29, 1.82) is 0 Å². The van der Waals surface area contributed by atoms with Gasteiger partial charge in [-0.25, -0.2) is 4.79 Å². The number of aromatic amines is 1. The van der Waals surface area contributed by atoms with E-state index in [0.717, 1.165) is 0 Å². The second-order valence-corrected chi connectivity index (χ2v) is 4.88. The number of hydrogen-bond donors (Lipinski definition) is 4. The molecule has 1 aromatic rings. The fourth-order valence-electron chi connectivity index (χ4n) is 2.57. The third-order valence-corrected chi connectivity index (χ3v) is 3.67. The molecule has 2 rings (SSSR count). The van der Waals surface area contributed by atoms with Crippen LogP contribution < -0.4 is 11.2 Å². The molecule has 0 aromatic carbocycles. The zero-order chi connectivity index (χ0) is 13.5. The molecule has 1 aliphatic carbocycles. The summed E-state index contributed by atoms with van der Waals surface area (Å²) in [5.74, 6) is -0.496. The molecule has 4 N–H and O–H groups in total. The first kappa shape index (κ1) is 13.0. The van der Waals surface area contributed by atoms with E-state index in [4.69, 9.17) is 5.11 Å². The Bertz CT molecular complexity index is 547. The van der Waals surface area contributed by atoms with E-state index in [1.807, 2.05) is 0 Å². The van der Waals surface area contributed by atoms with Crippen LogP contribution in [0, 0.1) is 5.92 Å². The van der Waals surface area contributed by atoms with Gasteiger partial charge in [-0.1, -0.05) is 0 Å². The van der Waals surface area contributed by atoms with E-state index in [-0.39, 0.29) is 13.0 Å². The lowest BCUT2D eigenvalue weighted by atomic mass is 9.96. The van der Waals surface area contributed by atoms with E-state index in [1.54, 1.807) is 0 Å². The molecule has 18 heavy (non-hydrogen) atoms. The first-order chi connectivity index (χ1) is 8.37. The number of nitrogens with one attached hydrogen (secondary N) is 1. The smallest absolute Gasteiger partial charge is 0.328 e. The highest BCUT2D eigenvalue weighted by Gasteiger charge is 2.51. The maximum Gasteiger partial charge on any atom is 0.328 e. The SMILES string of the molecule is C[C@@]1(O)[C@@H](n2ccc(=O)[nH]c2=O)C[C@H](CO)[C@@H]1O. The van der Waals surface area contributed by atoms with Crippen molar-refractivity contribution in [3.05, 3.63) is 33.1 Å². The summed E-state index contributed by atoms with van der Waals surface area (Å²) in [7, 11) is 0. The largest absolute Gasteiger partial charge is 0.396 e. The van der Waals surface area contributed by atoms with Crippen molar-refractivity contribution < 1.29 is 15.3 Å². The predicted molar refractivity (Wildman–Crippen MR) is 62.2 cm³/mol. The lowest BCUT2D eigenvalue weighted by molar-refractivity contribution is -0.0788. The van der Waals surface area contributed by atoms with Crippen LogP contribution >= 0.6 is 0 Å². The zero-order valence-electron chi connectivity index (χ0n) is 9.91. The van der Waals surface area contributed by atoms with Gasteiger partial charge in [-0.05, 0) is 13.3 Å². The van der Waals surface area contributed by atoms with Gasteiger partial charge in [0.1, 0.15) is 5.60 Å². The molecular formula is C11H16N2O5. The topological polar surface area (TPSA) is 116 Å². The molecule has 1 saturated carbocycles. The number of aliphatic hydroxyl groups is 3. The van der Waals surface area contributed by atoms with Gasteiger partial charge in [-0.3, -0.25) is 14.3 Å². The van der Waals surface area contributed by atoms with Crippen molar-refractivity contribution in [2.24, 2.45) is 5.92 Å². The molecule has 0 saturated heterocycles. The minimum absolute atomic E-state index is 0.261. The normalized spacial score (nSPS) is 35.9. The molecule has 1 fully saturated rings. The first-order valence-electron chi connectivity index (χ1n) is 5.70. The van der Waals surface area contributed by atoms with E-state index in [1.165, 1.54) is 23.8 Å². The monoisotopic (exact) mass is 256 g/mol. The summed E-state index contributed by atoms with van der Waals surface area (Å²) < 4.78 is 1.18. The molecule has 0 radical (unpaired) electrons. The molecule has 0 spiro atoms. The van der Waals surface area contributed by atoms with Crippen LogP contribution in [0.5, 0.6) is 0 Å². The summed E-state index contributed by atoms with van der Waals surface area (Å²) in [5, 5.41) is 29.3. The number of aliphatic hydroxyl groups excluding tert-OH is 2. The molecule has 7 nitrogen and oxygen atoms in total. The average molecular weight is 256 g/mol. The summed E-state index contributed by atoms with van der Waals surface area (Å²) in [6, 6.07) is 0.491. The van der Waals surface area contributed by atoms with E-state index < -0.39 is 34.9 Å². The van der Waals surface area contributed by atoms with E-state index >= 15 is 0 Å². The van der Waals surface area contributed by atoms with Gasteiger partial charge >= 0.3 is 5.69 Å². The van der Waals surface area contributed by atoms with E-state index in [2.05, 4.69) is 4.98 Å². The number of hydrogen-bond acceptors (Lipinski definition) is 5. The second-order valence-electron chi connectivity index (χ2n) is 4.88. The van der Waals surface area contributed by atoms with Crippen LogP contribution in [0.4, 0.5) is 0 Å². The Morgan fingerprint density at radius 1 is 1.56 bits per heavy atom. The van der Waals surface area contributed by atoms with Crippen molar-refractivity contribution in [1.82, 2.24) is 9.55 Å². The van der Waals surface area contributed by atoms with E-state index in [9.17, 15) is 19.8 Å². The van der Waals surface area contributed by atoms with Gasteiger partial charge < -0.3 is 15.3 Å². The number of aromatic nitrogens is 2. The molecule has 1 aliphatic rings. The Labute approximate surface area is 102 Å². The zero-order valence-corrected chi connectivity index (χ0v) is 9.91. The second kappa shape index (κ2) is 4.34. The Kier molecular flexibility index (Phi) is 3.14. The van der Waals surface area contributed by atoms with Crippen molar-refractivity contribution in [3.8, 4) is 0 Å². The number of nitrogens with zero attached hydrogens (tertiary/aromatic N) is 1. The quantitative estimate of drug-likeness (QED) is 0.498. The fraction of sp³-hybridized carbons (Fsp3) is 0.636. The van der Waals surface area contributed by atoms with Crippen LogP contribution in [-0.4, -0.2) is 43.2 Å². The molecule has 1 heterocycles. The maximum atomic E-state index is 11.7. The Morgan fingerprint density at radius 3 is 2.72 bits per heavy atom. The van der Waals surface area contributed by atoms with Crippen LogP contribution in [0.15, 0.2) is 21.9 Å². The Hall–Kier alpha value is -1.44. The van der Waals surface area contributed by atoms with Gasteiger partial charge in [0.05, 0.1) is 12.1 Å². The molecule has 0 aliphatic heterocycles. The highest BCUT2D eigenvalue weighted by molar-refractivity contribution is 5.05. The summed E-state index contributed by atoms with van der Waals surface area (Å²) >= 11 is 0. The first-order valence-corrected chi connectivity index (χ1v) is 5.70. The Morgan fingerprint density at radius 2 is 2.22 bits per heavy atom. The summed E-state index contributed by atoms with van der Waals surface area (Å²) in [4.78, 5) is 24.7. The minimum atomic E-state index is -1.53. The van der Waals surface area contributed by atoms with Crippen LogP contribution in [0.25, 0.3) is 0 Å². The van der Waals surface area contributed by atoms with Gasteiger partial charge in [0.25, 0.3) is 5.56 Å². The molecule has 4 atom stereocenters. The van der Waals surface area contributed by atoms with Crippen LogP contribution in [0.3, 0.4) is 0 Å². The van der Waals surface area contributed by atoms with Gasteiger partial charge in [0.2, 0.25) is 0 Å². The van der Waals surface area contributed by atoms with Crippen molar-refractivity contribution in [3.63, 3.8) is 0 Å². The predicted octanol–water partition coefficient (Wildman–Crippen LogP) is -1.80. The molecule has 1 aromatic heterocycles. The minimum Gasteiger partial charge on any atom is -0.396 e. The van der Waals surface area contributed by atoms with Gasteiger partial charge in [-0.15, -0.1) is 0 Å². The van der Waals surface area contributed by atoms with Crippen LogP contribution in [0.2, 0.25) is 0 Å². The third kappa shape index (κ3) is 1.90. The summed E-state index contributed by atoms with van der Waals surface area (Å²) in [6.45, 7) is 1.14.